The standard InChI is InChI=1S/C14H22N2O4/c1-9(17)13(14(19)20)15-8-12(18)10-4-6-11(7-5-10)16(2)3/h4-7,9,12-13,15,17-18H,8H2,1-3H3,(H,19,20). The molecule has 0 aromatic heterocycles. The first-order chi connectivity index (χ1) is 9.32. The second kappa shape index (κ2) is 7.23. The summed E-state index contributed by atoms with van der Waals surface area (Å²) in [5.41, 5.74) is 1.71. The van der Waals surface area contributed by atoms with Crippen LogP contribution < -0.4 is 10.2 Å². The van der Waals surface area contributed by atoms with Gasteiger partial charge in [-0.2, -0.15) is 0 Å². The van der Waals surface area contributed by atoms with Gasteiger partial charge in [-0.3, -0.25) is 10.1 Å². The summed E-state index contributed by atoms with van der Waals surface area (Å²) in [6.45, 7) is 1.45. The average Bonchev–Trinajstić information content (AvgIpc) is 2.38. The zero-order valence-corrected chi connectivity index (χ0v) is 11.9. The van der Waals surface area contributed by atoms with Crippen LogP contribution in [-0.4, -0.2) is 54.1 Å². The minimum atomic E-state index is -1.14. The number of benzene rings is 1. The van der Waals surface area contributed by atoms with E-state index in [4.69, 9.17) is 5.11 Å². The van der Waals surface area contributed by atoms with Gasteiger partial charge in [-0.25, -0.2) is 0 Å². The molecular formula is C14H22N2O4. The maximum absolute atomic E-state index is 10.9. The number of anilines is 1. The lowest BCUT2D eigenvalue weighted by molar-refractivity contribution is -0.142. The fourth-order valence-corrected chi connectivity index (χ4v) is 1.82. The molecule has 20 heavy (non-hydrogen) atoms. The van der Waals surface area contributed by atoms with Crippen LogP contribution in [0.4, 0.5) is 5.69 Å². The van der Waals surface area contributed by atoms with Crippen LogP contribution in [0.5, 0.6) is 0 Å². The first kappa shape index (κ1) is 16.4. The van der Waals surface area contributed by atoms with Gasteiger partial charge in [-0.15, -0.1) is 0 Å². The number of hydrogen-bond acceptors (Lipinski definition) is 5. The average molecular weight is 282 g/mol. The number of nitrogens with one attached hydrogen (secondary N) is 1. The Morgan fingerprint density at radius 1 is 1.25 bits per heavy atom. The molecule has 1 aromatic carbocycles. The Hall–Kier alpha value is -1.63. The first-order valence-corrected chi connectivity index (χ1v) is 6.42. The molecule has 4 N–H and O–H groups in total. The Labute approximate surface area is 118 Å². The highest BCUT2D eigenvalue weighted by atomic mass is 16.4. The molecule has 1 rings (SSSR count). The van der Waals surface area contributed by atoms with E-state index in [0.717, 1.165) is 5.69 Å². The van der Waals surface area contributed by atoms with E-state index in [9.17, 15) is 15.0 Å². The molecule has 0 amide bonds. The van der Waals surface area contributed by atoms with E-state index in [1.54, 1.807) is 12.1 Å². The highest BCUT2D eigenvalue weighted by Gasteiger charge is 2.23. The molecule has 0 radical (unpaired) electrons. The van der Waals surface area contributed by atoms with Gasteiger partial charge in [0.05, 0.1) is 12.2 Å². The second-order valence-corrected chi connectivity index (χ2v) is 4.97. The van der Waals surface area contributed by atoms with Crippen molar-refractivity contribution in [3.63, 3.8) is 0 Å². The molecule has 6 nitrogen and oxygen atoms in total. The summed E-state index contributed by atoms with van der Waals surface area (Å²) in [5.74, 6) is -1.14. The summed E-state index contributed by atoms with van der Waals surface area (Å²) in [6, 6.07) is 6.24. The number of carboxylic acids is 1. The summed E-state index contributed by atoms with van der Waals surface area (Å²) in [7, 11) is 3.85. The summed E-state index contributed by atoms with van der Waals surface area (Å²) in [4.78, 5) is 12.8. The zero-order valence-electron chi connectivity index (χ0n) is 11.9. The van der Waals surface area contributed by atoms with Gasteiger partial charge in [0, 0.05) is 26.3 Å². The largest absolute Gasteiger partial charge is 0.480 e. The molecule has 3 unspecified atom stereocenters. The molecule has 0 aliphatic carbocycles. The van der Waals surface area contributed by atoms with Gasteiger partial charge in [0.15, 0.2) is 0 Å². The summed E-state index contributed by atoms with van der Waals surface area (Å²) < 4.78 is 0. The van der Waals surface area contributed by atoms with Gasteiger partial charge < -0.3 is 20.2 Å². The van der Waals surface area contributed by atoms with Crippen LogP contribution in [0, 0.1) is 0 Å². The number of nitrogens with zero attached hydrogens (tertiary/aromatic N) is 1. The molecule has 0 aliphatic heterocycles. The van der Waals surface area contributed by atoms with Crippen LogP contribution in [0.25, 0.3) is 0 Å². The summed E-state index contributed by atoms with van der Waals surface area (Å²) in [6.07, 6.45) is -1.86. The summed E-state index contributed by atoms with van der Waals surface area (Å²) in [5, 5.41) is 30.9. The fourth-order valence-electron chi connectivity index (χ4n) is 1.82. The Kier molecular flexibility index (Phi) is 5.94. The maximum atomic E-state index is 10.9. The van der Waals surface area contributed by atoms with Crippen molar-refractivity contribution in [2.24, 2.45) is 0 Å². The highest BCUT2D eigenvalue weighted by Crippen LogP contribution is 2.17. The SMILES string of the molecule is CC(O)C(NCC(O)c1ccc(N(C)C)cc1)C(=O)O. The van der Waals surface area contributed by atoms with E-state index >= 15 is 0 Å². The van der Waals surface area contributed by atoms with Crippen molar-refractivity contribution in [1.82, 2.24) is 5.32 Å². The minimum Gasteiger partial charge on any atom is -0.480 e. The third-order valence-electron chi connectivity index (χ3n) is 3.07. The van der Waals surface area contributed by atoms with Crippen molar-refractivity contribution >= 4 is 11.7 Å². The first-order valence-electron chi connectivity index (χ1n) is 6.42. The monoisotopic (exact) mass is 282 g/mol. The third kappa shape index (κ3) is 4.48. The fraction of sp³-hybridized carbons (Fsp3) is 0.500. The molecule has 3 atom stereocenters. The van der Waals surface area contributed by atoms with Crippen LogP contribution in [0.3, 0.4) is 0 Å². The van der Waals surface area contributed by atoms with Gasteiger partial charge in [0.2, 0.25) is 0 Å². The third-order valence-corrected chi connectivity index (χ3v) is 3.07. The van der Waals surface area contributed by atoms with E-state index in [0.29, 0.717) is 5.56 Å². The number of aliphatic hydroxyl groups excluding tert-OH is 2. The molecular weight excluding hydrogens is 260 g/mol. The van der Waals surface area contributed by atoms with Crippen molar-refractivity contribution in [2.75, 3.05) is 25.5 Å². The van der Waals surface area contributed by atoms with Crippen LogP contribution in [0.1, 0.15) is 18.6 Å². The molecule has 0 aliphatic rings. The molecule has 0 fully saturated rings. The van der Waals surface area contributed by atoms with E-state index in [1.807, 2.05) is 31.1 Å². The van der Waals surface area contributed by atoms with Crippen LogP contribution in [0.2, 0.25) is 0 Å². The normalized spacial score (nSPS) is 15.4. The highest BCUT2D eigenvalue weighted by molar-refractivity contribution is 5.74. The van der Waals surface area contributed by atoms with Gasteiger partial charge in [-0.05, 0) is 24.6 Å². The Morgan fingerprint density at radius 2 is 1.80 bits per heavy atom. The molecule has 112 valence electrons. The van der Waals surface area contributed by atoms with Gasteiger partial charge >= 0.3 is 5.97 Å². The lowest BCUT2D eigenvalue weighted by atomic mass is 10.1. The van der Waals surface area contributed by atoms with Crippen molar-refractivity contribution in [3.8, 4) is 0 Å². The van der Waals surface area contributed by atoms with E-state index in [-0.39, 0.29) is 6.54 Å². The maximum Gasteiger partial charge on any atom is 0.323 e. The van der Waals surface area contributed by atoms with Gasteiger partial charge in [0.1, 0.15) is 6.04 Å². The van der Waals surface area contributed by atoms with Gasteiger partial charge in [-0.1, -0.05) is 12.1 Å². The lowest BCUT2D eigenvalue weighted by Crippen LogP contribution is -2.46. The molecule has 1 aromatic rings. The number of rotatable bonds is 7. The molecule has 0 saturated carbocycles. The predicted molar refractivity (Wildman–Crippen MR) is 76.8 cm³/mol. The zero-order chi connectivity index (χ0) is 15.3. The quantitative estimate of drug-likeness (QED) is 0.571. The van der Waals surface area contributed by atoms with E-state index in [1.165, 1.54) is 6.92 Å². The van der Waals surface area contributed by atoms with Crippen molar-refractivity contribution in [2.45, 2.75) is 25.2 Å². The molecule has 0 spiro atoms. The van der Waals surface area contributed by atoms with Crippen molar-refractivity contribution < 1.29 is 20.1 Å². The number of aliphatic hydroxyl groups is 2. The smallest absolute Gasteiger partial charge is 0.323 e. The van der Waals surface area contributed by atoms with Crippen LogP contribution in [0.15, 0.2) is 24.3 Å². The second-order valence-electron chi connectivity index (χ2n) is 4.97. The van der Waals surface area contributed by atoms with Crippen LogP contribution in [-0.2, 0) is 4.79 Å². The molecule has 0 saturated heterocycles. The number of carboxylic acid groups (broad SMARTS) is 1. The van der Waals surface area contributed by atoms with Crippen molar-refractivity contribution in [1.29, 1.82) is 0 Å². The Morgan fingerprint density at radius 3 is 2.20 bits per heavy atom. The van der Waals surface area contributed by atoms with Crippen LogP contribution >= 0.6 is 0 Å². The Bertz CT molecular complexity index is 431. The lowest BCUT2D eigenvalue weighted by Gasteiger charge is -2.20. The van der Waals surface area contributed by atoms with Crippen molar-refractivity contribution in [3.05, 3.63) is 29.8 Å². The number of aliphatic carboxylic acids is 1. The molecule has 0 heterocycles. The van der Waals surface area contributed by atoms with E-state index in [2.05, 4.69) is 5.32 Å². The number of carbonyl (C=O) groups is 1. The molecule has 6 heteroatoms. The number of hydrogen-bond donors (Lipinski definition) is 4. The summed E-state index contributed by atoms with van der Waals surface area (Å²) >= 11 is 0. The molecule has 0 bridgehead atoms. The van der Waals surface area contributed by atoms with Gasteiger partial charge in [0.25, 0.3) is 0 Å². The van der Waals surface area contributed by atoms with E-state index < -0.39 is 24.2 Å². The Balaban J connectivity index is 2.62. The minimum absolute atomic E-state index is 0.0587. The predicted octanol–water partition coefficient (Wildman–Crippen LogP) is 0.210. The topological polar surface area (TPSA) is 93.0 Å².